The number of anilines is 2. The second-order valence-electron chi connectivity index (χ2n) is 6.33. The SMILES string of the molecule is CN(C)c1ccc(NC(=O)Cc2ccc3c(c2)OCCO3)c(C(F)(F)F)c1. The van der Waals surface area contributed by atoms with Crippen LogP contribution in [0.25, 0.3) is 0 Å². The topological polar surface area (TPSA) is 50.8 Å². The van der Waals surface area contributed by atoms with Gasteiger partial charge in [0.25, 0.3) is 0 Å². The van der Waals surface area contributed by atoms with Crippen LogP contribution in [0.15, 0.2) is 36.4 Å². The van der Waals surface area contributed by atoms with Crippen molar-refractivity contribution >= 4 is 17.3 Å². The largest absolute Gasteiger partial charge is 0.486 e. The van der Waals surface area contributed by atoms with E-state index in [2.05, 4.69) is 5.32 Å². The van der Waals surface area contributed by atoms with Gasteiger partial charge in [0.1, 0.15) is 13.2 Å². The van der Waals surface area contributed by atoms with Gasteiger partial charge in [-0.25, -0.2) is 0 Å². The molecule has 0 atom stereocenters. The van der Waals surface area contributed by atoms with E-state index >= 15 is 0 Å². The molecule has 0 saturated carbocycles. The van der Waals surface area contributed by atoms with Crippen molar-refractivity contribution in [2.45, 2.75) is 12.6 Å². The maximum Gasteiger partial charge on any atom is 0.418 e. The third-order valence-electron chi connectivity index (χ3n) is 4.07. The molecule has 0 unspecified atom stereocenters. The first-order valence-electron chi connectivity index (χ1n) is 8.31. The molecule has 8 heteroatoms. The van der Waals surface area contributed by atoms with Crippen molar-refractivity contribution < 1.29 is 27.4 Å². The molecule has 144 valence electrons. The van der Waals surface area contributed by atoms with Crippen LogP contribution >= 0.6 is 0 Å². The highest BCUT2D eigenvalue weighted by Crippen LogP contribution is 2.37. The Bertz CT molecular complexity index is 851. The van der Waals surface area contributed by atoms with E-state index in [0.717, 1.165) is 6.07 Å². The Labute approximate surface area is 154 Å². The Morgan fingerprint density at radius 1 is 1.07 bits per heavy atom. The first kappa shape index (κ1) is 18.9. The Morgan fingerprint density at radius 3 is 2.44 bits per heavy atom. The summed E-state index contributed by atoms with van der Waals surface area (Å²) in [6.45, 7) is 0.867. The van der Waals surface area contributed by atoms with Gasteiger partial charge in [-0.1, -0.05) is 6.07 Å². The molecule has 1 N–H and O–H groups in total. The molecule has 2 aromatic carbocycles. The maximum absolute atomic E-state index is 13.4. The molecule has 1 aliphatic rings. The molecular formula is C19H19F3N2O3. The number of carbonyl (C=O) groups is 1. The van der Waals surface area contributed by atoms with Crippen molar-refractivity contribution in [3.63, 3.8) is 0 Å². The average Bonchev–Trinajstić information content (AvgIpc) is 2.60. The van der Waals surface area contributed by atoms with Gasteiger partial charge in [0.2, 0.25) is 5.91 Å². The number of rotatable bonds is 4. The van der Waals surface area contributed by atoms with Gasteiger partial charge >= 0.3 is 6.18 Å². The number of benzene rings is 2. The molecule has 1 heterocycles. The summed E-state index contributed by atoms with van der Waals surface area (Å²) in [4.78, 5) is 13.9. The third-order valence-corrected chi connectivity index (χ3v) is 4.07. The van der Waals surface area contributed by atoms with Crippen LogP contribution in [-0.4, -0.2) is 33.2 Å². The standard InChI is InChI=1S/C19H19F3N2O3/c1-24(2)13-4-5-15(14(11-13)19(20,21)22)23-18(25)10-12-3-6-16-17(9-12)27-8-7-26-16/h3-6,9,11H,7-8,10H2,1-2H3,(H,23,25). The number of alkyl halides is 3. The Morgan fingerprint density at radius 2 is 1.78 bits per heavy atom. The number of nitrogens with one attached hydrogen (secondary N) is 1. The zero-order chi connectivity index (χ0) is 19.6. The number of ether oxygens (including phenoxy) is 2. The van der Waals surface area contributed by atoms with E-state index < -0.39 is 17.6 Å². The molecule has 27 heavy (non-hydrogen) atoms. The van der Waals surface area contributed by atoms with Gasteiger partial charge in [-0.3, -0.25) is 4.79 Å². The van der Waals surface area contributed by atoms with Crippen LogP contribution < -0.4 is 19.7 Å². The molecule has 3 rings (SSSR count). The van der Waals surface area contributed by atoms with Gasteiger partial charge in [0.15, 0.2) is 11.5 Å². The molecule has 1 amide bonds. The van der Waals surface area contributed by atoms with E-state index in [1.165, 1.54) is 12.1 Å². The number of hydrogen-bond donors (Lipinski definition) is 1. The normalized spacial score (nSPS) is 13.2. The zero-order valence-electron chi connectivity index (χ0n) is 14.9. The molecule has 0 spiro atoms. The summed E-state index contributed by atoms with van der Waals surface area (Å²) >= 11 is 0. The van der Waals surface area contributed by atoms with E-state index in [-0.39, 0.29) is 12.1 Å². The van der Waals surface area contributed by atoms with Crippen LogP contribution in [0, 0.1) is 0 Å². The smallest absolute Gasteiger partial charge is 0.418 e. The molecule has 1 aliphatic heterocycles. The molecule has 0 fully saturated rings. The highest BCUT2D eigenvalue weighted by atomic mass is 19.4. The molecule has 0 bridgehead atoms. The van der Waals surface area contributed by atoms with Gasteiger partial charge in [-0.2, -0.15) is 13.2 Å². The first-order chi connectivity index (χ1) is 12.7. The summed E-state index contributed by atoms with van der Waals surface area (Å²) in [6.07, 6.45) is -4.66. The molecule has 2 aromatic rings. The van der Waals surface area contributed by atoms with Gasteiger partial charge in [-0.15, -0.1) is 0 Å². The summed E-state index contributed by atoms with van der Waals surface area (Å²) in [6, 6.07) is 8.83. The van der Waals surface area contributed by atoms with Crippen LogP contribution in [0.2, 0.25) is 0 Å². The van der Waals surface area contributed by atoms with E-state index in [0.29, 0.717) is 36.0 Å². The molecule has 0 aromatic heterocycles. The van der Waals surface area contributed by atoms with Crippen LogP contribution in [0.5, 0.6) is 11.5 Å². The quantitative estimate of drug-likeness (QED) is 0.878. The fourth-order valence-corrected chi connectivity index (χ4v) is 2.73. The van der Waals surface area contributed by atoms with Crippen molar-refractivity contribution in [1.29, 1.82) is 0 Å². The maximum atomic E-state index is 13.4. The fraction of sp³-hybridized carbons (Fsp3) is 0.316. The van der Waals surface area contributed by atoms with Crippen molar-refractivity contribution in [3.05, 3.63) is 47.5 Å². The minimum atomic E-state index is -4.58. The number of halogens is 3. The average molecular weight is 380 g/mol. The highest BCUT2D eigenvalue weighted by Gasteiger charge is 2.34. The lowest BCUT2D eigenvalue weighted by molar-refractivity contribution is -0.136. The van der Waals surface area contributed by atoms with Gasteiger partial charge < -0.3 is 19.7 Å². The Balaban J connectivity index is 1.77. The van der Waals surface area contributed by atoms with Crippen molar-refractivity contribution in [2.75, 3.05) is 37.5 Å². The summed E-state index contributed by atoms with van der Waals surface area (Å²) in [5, 5.41) is 2.36. The second-order valence-corrected chi connectivity index (χ2v) is 6.33. The minimum Gasteiger partial charge on any atom is -0.486 e. The number of nitrogens with zero attached hydrogens (tertiary/aromatic N) is 1. The van der Waals surface area contributed by atoms with Crippen LogP contribution in [0.1, 0.15) is 11.1 Å². The molecule has 0 radical (unpaired) electrons. The van der Waals surface area contributed by atoms with E-state index in [1.54, 1.807) is 37.2 Å². The fourth-order valence-electron chi connectivity index (χ4n) is 2.73. The molecular weight excluding hydrogens is 361 g/mol. The summed E-state index contributed by atoms with van der Waals surface area (Å²) in [5.74, 6) is 0.566. The number of fused-ring (bicyclic) bond motifs is 1. The molecule has 5 nitrogen and oxygen atoms in total. The van der Waals surface area contributed by atoms with E-state index in [1.807, 2.05) is 0 Å². The van der Waals surface area contributed by atoms with Crippen LogP contribution in [-0.2, 0) is 17.4 Å². The highest BCUT2D eigenvalue weighted by molar-refractivity contribution is 5.93. The number of carbonyl (C=O) groups excluding carboxylic acids is 1. The van der Waals surface area contributed by atoms with Gasteiger partial charge in [0.05, 0.1) is 17.7 Å². The molecule has 0 saturated heterocycles. The van der Waals surface area contributed by atoms with E-state index in [9.17, 15) is 18.0 Å². The lowest BCUT2D eigenvalue weighted by Crippen LogP contribution is -2.20. The van der Waals surface area contributed by atoms with Crippen molar-refractivity contribution in [2.24, 2.45) is 0 Å². The van der Waals surface area contributed by atoms with Gasteiger partial charge in [0, 0.05) is 19.8 Å². The van der Waals surface area contributed by atoms with Crippen LogP contribution in [0.3, 0.4) is 0 Å². The minimum absolute atomic E-state index is 0.0800. The van der Waals surface area contributed by atoms with E-state index in [4.69, 9.17) is 9.47 Å². The van der Waals surface area contributed by atoms with Crippen molar-refractivity contribution in [3.8, 4) is 11.5 Å². The zero-order valence-corrected chi connectivity index (χ0v) is 14.9. The molecule has 0 aliphatic carbocycles. The summed E-state index contributed by atoms with van der Waals surface area (Å²) in [7, 11) is 3.30. The summed E-state index contributed by atoms with van der Waals surface area (Å²) in [5.41, 5.74) is -0.137. The van der Waals surface area contributed by atoms with Crippen molar-refractivity contribution in [1.82, 2.24) is 0 Å². The lowest BCUT2D eigenvalue weighted by Gasteiger charge is -2.19. The first-order valence-corrected chi connectivity index (χ1v) is 8.31. The Hall–Kier alpha value is -2.90. The van der Waals surface area contributed by atoms with Gasteiger partial charge in [-0.05, 0) is 35.9 Å². The lowest BCUT2D eigenvalue weighted by atomic mass is 10.1. The van der Waals surface area contributed by atoms with Crippen LogP contribution in [0.4, 0.5) is 24.5 Å². The Kier molecular flexibility index (Phi) is 5.16. The third kappa shape index (κ3) is 4.45. The summed E-state index contributed by atoms with van der Waals surface area (Å²) < 4.78 is 50.9. The number of amides is 1. The predicted octanol–water partition coefficient (Wildman–Crippen LogP) is 3.72. The predicted molar refractivity (Wildman–Crippen MR) is 95.5 cm³/mol. The number of hydrogen-bond acceptors (Lipinski definition) is 4. The second kappa shape index (κ2) is 7.38. The monoisotopic (exact) mass is 380 g/mol.